The van der Waals surface area contributed by atoms with Crippen molar-refractivity contribution in [3.63, 3.8) is 0 Å². The molecule has 0 aliphatic carbocycles. The summed E-state index contributed by atoms with van der Waals surface area (Å²) in [6, 6.07) is 6.89. The molecule has 1 aromatic rings. The smallest absolute Gasteiger partial charge is 0.249 e. The molecule has 0 bridgehead atoms. The Labute approximate surface area is 117 Å². The van der Waals surface area contributed by atoms with Crippen LogP contribution < -0.4 is 5.73 Å². The molecule has 2 rings (SSSR count). The first-order valence-electron chi connectivity index (χ1n) is 6.50. The molecule has 1 aliphatic heterocycles. The molecule has 6 heteroatoms. The van der Waals surface area contributed by atoms with Gasteiger partial charge in [-0.15, -0.1) is 0 Å². The summed E-state index contributed by atoms with van der Waals surface area (Å²) < 4.78 is 0. The maximum Gasteiger partial charge on any atom is 0.249 e. The van der Waals surface area contributed by atoms with E-state index in [0.29, 0.717) is 30.7 Å². The number of likely N-dealkylation sites (tertiary alicyclic amines) is 1. The molecule has 1 aromatic carbocycles. The quantitative estimate of drug-likeness (QED) is 0.472. The number of rotatable bonds is 6. The minimum atomic E-state index is -0.505. The average molecular weight is 275 g/mol. The van der Waals surface area contributed by atoms with Crippen LogP contribution in [-0.4, -0.2) is 42.6 Å². The van der Waals surface area contributed by atoms with Crippen LogP contribution in [-0.2, 0) is 9.63 Å². The molecule has 2 amide bonds. The standard InChI is InChI=1S/C14H17N3O3/c15-14(19)12-5-2-1-4-11(12)10-16-20-9-8-17-7-3-6-13(17)18/h1-2,4-5,10H,3,6-9H2,(H2,15,19)/b16-10+. The van der Waals surface area contributed by atoms with Crippen molar-refractivity contribution in [2.45, 2.75) is 12.8 Å². The topological polar surface area (TPSA) is 85.0 Å². The third-order valence-electron chi connectivity index (χ3n) is 3.12. The predicted octanol–water partition coefficient (Wildman–Crippen LogP) is 0.758. The number of carbonyl (C=O) groups excluding carboxylic acids is 2. The summed E-state index contributed by atoms with van der Waals surface area (Å²) >= 11 is 0. The van der Waals surface area contributed by atoms with Gasteiger partial charge in [-0.1, -0.05) is 23.4 Å². The van der Waals surface area contributed by atoms with Gasteiger partial charge in [0.05, 0.1) is 12.8 Å². The second kappa shape index (κ2) is 6.70. The summed E-state index contributed by atoms with van der Waals surface area (Å²) in [5, 5.41) is 3.80. The predicted molar refractivity (Wildman–Crippen MR) is 74.3 cm³/mol. The zero-order chi connectivity index (χ0) is 14.4. The van der Waals surface area contributed by atoms with E-state index in [1.165, 1.54) is 6.21 Å². The monoisotopic (exact) mass is 275 g/mol. The first-order chi connectivity index (χ1) is 9.68. The van der Waals surface area contributed by atoms with E-state index >= 15 is 0 Å². The number of benzene rings is 1. The molecule has 106 valence electrons. The maximum atomic E-state index is 11.4. The van der Waals surface area contributed by atoms with Crippen LogP contribution in [0.3, 0.4) is 0 Å². The Morgan fingerprint density at radius 1 is 1.45 bits per heavy atom. The summed E-state index contributed by atoms with van der Waals surface area (Å²) in [6.07, 6.45) is 2.98. The number of nitrogens with zero attached hydrogens (tertiary/aromatic N) is 2. The molecule has 0 radical (unpaired) electrons. The van der Waals surface area contributed by atoms with E-state index in [-0.39, 0.29) is 5.91 Å². The maximum absolute atomic E-state index is 11.4. The van der Waals surface area contributed by atoms with Gasteiger partial charge < -0.3 is 15.5 Å². The Morgan fingerprint density at radius 3 is 2.95 bits per heavy atom. The fraction of sp³-hybridized carbons (Fsp3) is 0.357. The van der Waals surface area contributed by atoms with E-state index in [0.717, 1.165) is 13.0 Å². The van der Waals surface area contributed by atoms with Gasteiger partial charge in [-0.3, -0.25) is 9.59 Å². The van der Waals surface area contributed by atoms with E-state index in [4.69, 9.17) is 10.6 Å². The molecule has 1 heterocycles. The number of hydrogen-bond acceptors (Lipinski definition) is 4. The highest BCUT2D eigenvalue weighted by Gasteiger charge is 2.19. The van der Waals surface area contributed by atoms with Crippen LogP contribution >= 0.6 is 0 Å². The van der Waals surface area contributed by atoms with Gasteiger partial charge in [0.2, 0.25) is 11.8 Å². The molecule has 0 unspecified atom stereocenters. The lowest BCUT2D eigenvalue weighted by atomic mass is 10.1. The van der Waals surface area contributed by atoms with Crippen LogP contribution in [0.5, 0.6) is 0 Å². The van der Waals surface area contributed by atoms with Crippen molar-refractivity contribution >= 4 is 18.0 Å². The molecule has 0 atom stereocenters. The van der Waals surface area contributed by atoms with Gasteiger partial charge in [-0.2, -0.15) is 0 Å². The van der Waals surface area contributed by atoms with Gasteiger partial charge in [0.1, 0.15) is 6.61 Å². The van der Waals surface area contributed by atoms with Gasteiger partial charge in [-0.05, 0) is 12.5 Å². The second-order valence-corrected chi connectivity index (χ2v) is 4.50. The average Bonchev–Trinajstić information content (AvgIpc) is 2.84. The Morgan fingerprint density at radius 2 is 2.25 bits per heavy atom. The van der Waals surface area contributed by atoms with Crippen LogP contribution in [0.15, 0.2) is 29.4 Å². The lowest BCUT2D eigenvalue weighted by Gasteiger charge is -2.13. The Balaban J connectivity index is 1.82. The van der Waals surface area contributed by atoms with E-state index in [2.05, 4.69) is 5.16 Å². The normalized spacial score (nSPS) is 15.0. The molecular weight excluding hydrogens is 258 g/mol. The molecule has 0 saturated carbocycles. The molecule has 2 N–H and O–H groups in total. The van der Waals surface area contributed by atoms with E-state index < -0.39 is 5.91 Å². The minimum absolute atomic E-state index is 0.164. The highest BCUT2D eigenvalue weighted by molar-refractivity contribution is 6.01. The van der Waals surface area contributed by atoms with E-state index in [9.17, 15) is 9.59 Å². The van der Waals surface area contributed by atoms with Crippen molar-refractivity contribution in [3.05, 3.63) is 35.4 Å². The third kappa shape index (κ3) is 3.57. The van der Waals surface area contributed by atoms with Gasteiger partial charge >= 0.3 is 0 Å². The molecule has 0 spiro atoms. The molecule has 20 heavy (non-hydrogen) atoms. The fourth-order valence-electron chi connectivity index (χ4n) is 2.07. The first-order valence-corrected chi connectivity index (χ1v) is 6.50. The van der Waals surface area contributed by atoms with E-state index in [1.54, 1.807) is 29.2 Å². The van der Waals surface area contributed by atoms with Gasteiger partial charge in [0, 0.05) is 24.1 Å². The Hall–Kier alpha value is -2.37. The lowest BCUT2D eigenvalue weighted by molar-refractivity contribution is -0.128. The van der Waals surface area contributed by atoms with Crippen molar-refractivity contribution in [2.75, 3.05) is 19.7 Å². The number of primary amides is 1. The van der Waals surface area contributed by atoms with Crippen molar-refractivity contribution < 1.29 is 14.4 Å². The number of amides is 2. The summed E-state index contributed by atoms with van der Waals surface area (Å²) in [4.78, 5) is 29.4. The highest BCUT2D eigenvalue weighted by Crippen LogP contribution is 2.08. The van der Waals surface area contributed by atoms with Crippen LogP contribution in [0.4, 0.5) is 0 Å². The minimum Gasteiger partial charge on any atom is -0.394 e. The zero-order valence-electron chi connectivity index (χ0n) is 11.1. The fourth-order valence-corrected chi connectivity index (χ4v) is 2.07. The van der Waals surface area contributed by atoms with Crippen LogP contribution in [0, 0.1) is 0 Å². The van der Waals surface area contributed by atoms with Crippen molar-refractivity contribution in [1.82, 2.24) is 4.90 Å². The van der Waals surface area contributed by atoms with E-state index in [1.807, 2.05) is 0 Å². The second-order valence-electron chi connectivity index (χ2n) is 4.50. The number of carbonyl (C=O) groups is 2. The summed E-state index contributed by atoms with van der Waals surface area (Å²) in [7, 11) is 0. The Bertz CT molecular complexity index is 528. The molecule has 6 nitrogen and oxygen atoms in total. The van der Waals surface area contributed by atoms with Gasteiger partial charge in [0.15, 0.2) is 0 Å². The van der Waals surface area contributed by atoms with Crippen LogP contribution in [0.25, 0.3) is 0 Å². The molecule has 1 aliphatic rings. The highest BCUT2D eigenvalue weighted by atomic mass is 16.6. The SMILES string of the molecule is NC(=O)c1ccccc1/C=N/OCCN1CCCC1=O. The third-order valence-corrected chi connectivity index (χ3v) is 3.12. The molecular formula is C14H17N3O3. The molecule has 0 aromatic heterocycles. The van der Waals surface area contributed by atoms with Gasteiger partial charge in [-0.25, -0.2) is 0 Å². The number of hydrogen-bond donors (Lipinski definition) is 1. The zero-order valence-corrected chi connectivity index (χ0v) is 11.1. The van der Waals surface area contributed by atoms with Crippen molar-refractivity contribution in [2.24, 2.45) is 10.9 Å². The summed E-state index contributed by atoms with van der Waals surface area (Å²) in [5.41, 5.74) is 6.26. The first kappa shape index (κ1) is 14.0. The summed E-state index contributed by atoms with van der Waals surface area (Å²) in [5.74, 6) is -0.341. The van der Waals surface area contributed by atoms with Crippen molar-refractivity contribution in [3.8, 4) is 0 Å². The van der Waals surface area contributed by atoms with Gasteiger partial charge in [0.25, 0.3) is 0 Å². The summed E-state index contributed by atoms with van der Waals surface area (Å²) in [6.45, 7) is 1.66. The number of oxime groups is 1. The molecule has 1 fully saturated rings. The van der Waals surface area contributed by atoms with Crippen molar-refractivity contribution in [1.29, 1.82) is 0 Å². The molecule has 1 saturated heterocycles. The largest absolute Gasteiger partial charge is 0.394 e. The number of nitrogens with two attached hydrogens (primary N) is 1. The Kier molecular flexibility index (Phi) is 4.70. The van der Waals surface area contributed by atoms with Crippen LogP contribution in [0.2, 0.25) is 0 Å². The van der Waals surface area contributed by atoms with Crippen LogP contribution in [0.1, 0.15) is 28.8 Å². The lowest BCUT2D eigenvalue weighted by Crippen LogP contribution is -2.28.